The van der Waals surface area contributed by atoms with Gasteiger partial charge in [-0.2, -0.15) is 0 Å². The summed E-state index contributed by atoms with van der Waals surface area (Å²) in [6, 6.07) is 12.6. The number of nitrogens with zero attached hydrogens (tertiary/aromatic N) is 2. The van der Waals surface area contributed by atoms with Crippen LogP contribution in [0.25, 0.3) is 0 Å². The number of rotatable bonds is 4. The lowest BCUT2D eigenvalue weighted by atomic mass is 10.1. The molecule has 5 nitrogen and oxygen atoms in total. The average molecular weight is 423 g/mol. The van der Waals surface area contributed by atoms with Crippen LogP contribution in [-0.4, -0.2) is 33.7 Å². The van der Waals surface area contributed by atoms with E-state index in [0.29, 0.717) is 17.8 Å². The minimum atomic E-state index is -3.31. The first-order valence-corrected chi connectivity index (χ1v) is 10.4. The molecule has 0 aromatic heterocycles. The van der Waals surface area contributed by atoms with Gasteiger partial charge in [-0.3, -0.25) is 9.10 Å². The van der Waals surface area contributed by atoms with E-state index in [2.05, 4.69) is 15.9 Å². The van der Waals surface area contributed by atoms with E-state index in [9.17, 15) is 13.2 Å². The molecule has 0 N–H and O–H groups in total. The minimum absolute atomic E-state index is 0.0320. The number of halogens is 1. The number of fused-ring (bicyclic) bond motifs is 1. The highest BCUT2D eigenvalue weighted by molar-refractivity contribution is 9.10. The van der Waals surface area contributed by atoms with Crippen LogP contribution in [0.2, 0.25) is 0 Å². The van der Waals surface area contributed by atoms with Gasteiger partial charge in [0, 0.05) is 29.3 Å². The summed E-state index contributed by atoms with van der Waals surface area (Å²) in [4.78, 5) is 14.6. The summed E-state index contributed by atoms with van der Waals surface area (Å²) in [5.41, 5.74) is 3.17. The lowest BCUT2D eigenvalue weighted by Gasteiger charge is -2.20. The molecule has 0 saturated carbocycles. The van der Waals surface area contributed by atoms with E-state index in [1.54, 1.807) is 36.1 Å². The zero-order valence-electron chi connectivity index (χ0n) is 14.1. The average Bonchev–Trinajstić information content (AvgIpc) is 3.03. The van der Waals surface area contributed by atoms with Gasteiger partial charge in [-0.25, -0.2) is 8.42 Å². The van der Waals surface area contributed by atoms with Crippen molar-refractivity contribution in [2.75, 3.05) is 28.6 Å². The van der Waals surface area contributed by atoms with Gasteiger partial charge in [0.05, 0.1) is 11.4 Å². The third kappa shape index (κ3) is 3.43. The minimum Gasteiger partial charge on any atom is -0.308 e. The molecule has 0 spiro atoms. The van der Waals surface area contributed by atoms with Crippen molar-refractivity contribution in [2.45, 2.75) is 13.3 Å². The predicted octanol–water partition coefficient (Wildman–Crippen LogP) is 3.44. The molecule has 25 heavy (non-hydrogen) atoms. The van der Waals surface area contributed by atoms with E-state index in [0.717, 1.165) is 22.1 Å². The van der Waals surface area contributed by atoms with Crippen LogP contribution in [0.5, 0.6) is 0 Å². The standard InChI is InChI=1S/C18H19BrN2O3S/c1-3-25(23,24)20(2)16-7-4-13(5-8-16)18(22)21-11-10-14-12-15(19)6-9-17(14)21/h4-9,12H,3,10-11H2,1-2H3. The van der Waals surface area contributed by atoms with Crippen LogP contribution in [0.3, 0.4) is 0 Å². The summed E-state index contributed by atoms with van der Waals surface area (Å²) in [6.45, 7) is 2.25. The second kappa shape index (κ2) is 6.80. The van der Waals surface area contributed by atoms with Crippen molar-refractivity contribution in [2.24, 2.45) is 0 Å². The van der Waals surface area contributed by atoms with Crippen molar-refractivity contribution in [3.8, 4) is 0 Å². The summed E-state index contributed by atoms with van der Waals surface area (Å²) in [5.74, 6) is -0.0433. The van der Waals surface area contributed by atoms with Crippen LogP contribution in [0.1, 0.15) is 22.8 Å². The fourth-order valence-corrected chi connectivity index (χ4v) is 4.14. The lowest BCUT2D eigenvalue weighted by Crippen LogP contribution is -2.29. The molecule has 2 aromatic rings. The van der Waals surface area contributed by atoms with Crippen LogP contribution in [0.15, 0.2) is 46.9 Å². The number of anilines is 2. The molecule has 1 aliphatic rings. The Kier molecular flexibility index (Phi) is 4.88. The summed E-state index contributed by atoms with van der Waals surface area (Å²) >= 11 is 3.45. The van der Waals surface area contributed by atoms with Gasteiger partial charge in [0.25, 0.3) is 5.91 Å². The Labute approximate surface area is 156 Å². The van der Waals surface area contributed by atoms with E-state index >= 15 is 0 Å². The number of sulfonamides is 1. The van der Waals surface area contributed by atoms with Crippen molar-refractivity contribution in [1.82, 2.24) is 0 Å². The molecule has 2 aromatic carbocycles. The number of amides is 1. The van der Waals surface area contributed by atoms with Crippen LogP contribution in [-0.2, 0) is 16.4 Å². The van der Waals surface area contributed by atoms with Crippen molar-refractivity contribution in [3.63, 3.8) is 0 Å². The Balaban J connectivity index is 1.83. The molecule has 1 amide bonds. The van der Waals surface area contributed by atoms with Crippen LogP contribution in [0.4, 0.5) is 11.4 Å². The first kappa shape index (κ1) is 17.9. The summed E-state index contributed by atoms with van der Waals surface area (Å²) < 4.78 is 26.1. The largest absolute Gasteiger partial charge is 0.308 e. The van der Waals surface area contributed by atoms with Crippen LogP contribution < -0.4 is 9.21 Å². The van der Waals surface area contributed by atoms with Crippen molar-refractivity contribution in [1.29, 1.82) is 0 Å². The quantitative estimate of drug-likeness (QED) is 0.757. The molecule has 0 saturated heterocycles. The Bertz CT molecular complexity index is 910. The maximum atomic E-state index is 12.8. The highest BCUT2D eigenvalue weighted by Crippen LogP contribution is 2.31. The predicted molar refractivity (Wildman–Crippen MR) is 104 cm³/mol. The molecule has 3 rings (SSSR count). The van der Waals surface area contributed by atoms with Crippen molar-refractivity contribution in [3.05, 3.63) is 58.1 Å². The van der Waals surface area contributed by atoms with Crippen LogP contribution >= 0.6 is 15.9 Å². The van der Waals surface area contributed by atoms with E-state index in [-0.39, 0.29) is 11.7 Å². The van der Waals surface area contributed by atoms with E-state index in [1.165, 1.54) is 11.4 Å². The summed E-state index contributed by atoms with van der Waals surface area (Å²) in [5, 5.41) is 0. The molecule has 0 radical (unpaired) electrons. The van der Waals surface area contributed by atoms with Crippen molar-refractivity contribution < 1.29 is 13.2 Å². The molecule has 0 bridgehead atoms. The molecule has 1 aliphatic heterocycles. The smallest absolute Gasteiger partial charge is 0.258 e. The number of hydrogen-bond acceptors (Lipinski definition) is 3. The lowest BCUT2D eigenvalue weighted by molar-refractivity contribution is 0.0989. The van der Waals surface area contributed by atoms with Gasteiger partial charge in [-0.15, -0.1) is 0 Å². The summed E-state index contributed by atoms with van der Waals surface area (Å²) in [6.07, 6.45) is 0.829. The van der Waals surface area contributed by atoms with Gasteiger partial charge < -0.3 is 4.90 Å². The Morgan fingerprint density at radius 1 is 1.20 bits per heavy atom. The van der Waals surface area contributed by atoms with Gasteiger partial charge in [-0.1, -0.05) is 15.9 Å². The topological polar surface area (TPSA) is 57.7 Å². The fraction of sp³-hybridized carbons (Fsp3) is 0.278. The van der Waals surface area contributed by atoms with E-state index < -0.39 is 10.0 Å². The molecule has 0 fully saturated rings. The Hall–Kier alpha value is -1.86. The van der Waals surface area contributed by atoms with Crippen LogP contribution in [0, 0.1) is 0 Å². The fourth-order valence-electron chi connectivity index (χ4n) is 2.91. The molecular formula is C18H19BrN2O3S. The van der Waals surface area contributed by atoms with Gasteiger partial charge in [0.15, 0.2) is 0 Å². The zero-order chi connectivity index (χ0) is 18.2. The molecular weight excluding hydrogens is 404 g/mol. The first-order chi connectivity index (χ1) is 11.8. The van der Waals surface area contributed by atoms with Gasteiger partial charge >= 0.3 is 0 Å². The second-order valence-corrected chi connectivity index (χ2v) is 9.10. The Morgan fingerprint density at radius 2 is 1.88 bits per heavy atom. The molecule has 0 atom stereocenters. The van der Waals surface area contributed by atoms with E-state index in [1.807, 2.05) is 18.2 Å². The highest BCUT2D eigenvalue weighted by Gasteiger charge is 2.26. The number of carbonyl (C=O) groups is 1. The molecule has 1 heterocycles. The molecule has 132 valence electrons. The number of benzene rings is 2. The second-order valence-electron chi connectivity index (χ2n) is 5.89. The first-order valence-electron chi connectivity index (χ1n) is 8.00. The highest BCUT2D eigenvalue weighted by atomic mass is 79.9. The van der Waals surface area contributed by atoms with Crippen molar-refractivity contribution >= 4 is 43.2 Å². The molecule has 7 heteroatoms. The van der Waals surface area contributed by atoms with Gasteiger partial charge in [0.1, 0.15) is 0 Å². The molecule has 0 aliphatic carbocycles. The number of hydrogen-bond donors (Lipinski definition) is 0. The van der Waals surface area contributed by atoms with E-state index in [4.69, 9.17) is 0 Å². The SMILES string of the molecule is CCS(=O)(=O)N(C)c1ccc(C(=O)N2CCc3cc(Br)ccc32)cc1. The van der Waals surface area contributed by atoms with Gasteiger partial charge in [-0.05, 0) is 61.4 Å². The zero-order valence-corrected chi connectivity index (χ0v) is 16.5. The summed E-state index contributed by atoms with van der Waals surface area (Å²) in [7, 11) is -1.79. The third-order valence-corrected chi connectivity index (χ3v) is 6.71. The third-order valence-electron chi connectivity index (χ3n) is 4.44. The van der Waals surface area contributed by atoms with Gasteiger partial charge in [0.2, 0.25) is 10.0 Å². The monoisotopic (exact) mass is 422 g/mol. The Morgan fingerprint density at radius 3 is 2.52 bits per heavy atom. The number of carbonyl (C=O) groups excluding carboxylic acids is 1. The maximum absolute atomic E-state index is 12.8. The maximum Gasteiger partial charge on any atom is 0.258 e. The molecule has 0 unspecified atom stereocenters. The normalized spacial score (nSPS) is 13.6.